The molecule has 0 aliphatic rings. The number of carbonyl (C=O) groups excluding carboxylic acids is 1. The van der Waals surface area contributed by atoms with Gasteiger partial charge in [0, 0.05) is 6.92 Å². The van der Waals surface area contributed by atoms with Gasteiger partial charge >= 0.3 is 0 Å². The summed E-state index contributed by atoms with van der Waals surface area (Å²) in [6.07, 6.45) is 0. The molecule has 1 aromatic carbocycles. The summed E-state index contributed by atoms with van der Waals surface area (Å²) in [4.78, 5) is 10.9. The second-order valence-corrected chi connectivity index (χ2v) is 3.55. The maximum Gasteiger partial charge on any atom is 0.161 e. The van der Waals surface area contributed by atoms with Gasteiger partial charge in [-0.05, 0) is 19.1 Å². The van der Waals surface area contributed by atoms with Crippen LogP contribution in [0.3, 0.4) is 0 Å². The predicted molar refractivity (Wildman–Crippen MR) is 52.9 cm³/mol. The van der Waals surface area contributed by atoms with Gasteiger partial charge in [0.25, 0.3) is 0 Å². The van der Waals surface area contributed by atoms with Gasteiger partial charge in [-0.1, -0.05) is 12.1 Å². The summed E-state index contributed by atoms with van der Waals surface area (Å²) < 4.78 is 5.34. The number of aliphatic carboxylic acids is 1. The summed E-state index contributed by atoms with van der Waals surface area (Å²) in [5, 5.41) is 10.9. The molecule has 0 fully saturated rings. The van der Waals surface area contributed by atoms with Crippen molar-refractivity contribution in [2.45, 2.75) is 19.4 Å². The van der Waals surface area contributed by atoms with Crippen LogP contribution in [0.25, 0.3) is 0 Å². The third kappa shape index (κ3) is 2.27. The summed E-state index contributed by atoms with van der Waals surface area (Å²) in [7, 11) is 0. The highest BCUT2D eigenvalue weighted by molar-refractivity contribution is 5.77. The van der Waals surface area contributed by atoms with Gasteiger partial charge in [0.05, 0.1) is 12.2 Å². The van der Waals surface area contributed by atoms with E-state index in [1.54, 1.807) is 24.3 Å². The van der Waals surface area contributed by atoms with Crippen LogP contribution in [0.5, 0.6) is 5.75 Å². The van der Waals surface area contributed by atoms with Gasteiger partial charge in [-0.15, -0.1) is 0 Å². The van der Waals surface area contributed by atoms with Crippen molar-refractivity contribution in [2.75, 3.05) is 6.61 Å². The number of carboxylic acid groups (broad SMARTS) is 1. The Hall–Kier alpha value is -1.55. The van der Waals surface area contributed by atoms with Crippen LogP contribution in [0.2, 0.25) is 0 Å². The minimum Gasteiger partial charge on any atom is -0.543 e. The Kier molecular flexibility index (Phi) is 3.31. The number of hydrogen-bond acceptors (Lipinski definition) is 3. The highest BCUT2D eigenvalue weighted by Crippen LogP contribution is 2.26. The van der Waals surface area contributed by atoms with Crippen molar-refractivity contribution in [1.29, 1.82) is 0 Å². The molecule has 1 rings (SSSR count). The summed E-state index contributed by atoms with van der Waals surface area (Å²) in [5.74, 6) is -0.670. The molecule has 15 heavy (non-hydrogen) atoms. The first-order valence-corrected chi connectivity index (χ1v) is 4.79. The van der Waals surface area contributed by atoms with Crippen LogP contribution in [-0.2, 0) is 10.3 Å². The highest BCUT2D eigenvalue weighted by atomic mass is 16.5. The zero-order valence-corrected chi connectivity index (χ0v) is 8.95. The Bertz CT molecular complexity index is 361. The van der Waals surface area contributed by atoms with Gasteiger partial charge in [-0.3, -0.25) is 0 Å². The summed E-state index contributed by atoms with van der Waals surface area (Å²) in [6.45, 7) is 3.83. The number of carbonyl (C=O) groups is 1. The Labute approximate surface area is 88.7 Å². The molecule has 0 saturated carbocycles. The van der Waals surface area contributed by atoms with E-state index in [1.807, 2.05) is 6.92 Å². The average molecular weight is 209 g/mol. The summed E-state index contributed by atoms with van der Waals surface area (Å²) >= 11 is 0. The number of para-hydroxylation sites is 1. The van der Waals surface area contributed by atoms with Crippen LogP contribution < -0.4 is 15.6 Å². The van der Waals surface area contributed by atoms with Gasteiger partial charge < -0.3 is 20.4 Å². The Balaban J connectivity index is 3.18. The van der Waals surface area contributed by atoms with E-state index in [9.17, 15) is 9.90 Å². The van der Waals surface area contributed by atoms with Crippen LogP contribution in [0.1, 0.15) is 19.4 Å². The molecule has 1 aromatic rings. The van der Waals surface area contributed by atoms with E-state index in [2.05, 4.69) is 5.73 Å². The molecule has 0 bridgehead atoms. The maximum atomic E-state index is 10.9. The van der Waals surface area contributed by atoms with E-state index < -0.39 is 11.5 Å². The fraction of sp³-hybridized carbons (Fsp3) is 0.364. The van der Waals surface area contributed by atoms with Crippen molar-refractivity contribution < 1.29 is 20.4 Å². The molecule has 0 spiro atoms. The molecule has 4 nitrogen and oxygen atoms in total. The third-order valence-electron chi connectivity index (χ3n) is 2.23. The van der Waals surface area contributed by atoms with Crippen LogP contribution in [-0.4, -0.2) is 12.6 Å². The lowest BCUT2D eigenvalue weighted by molar-refractivity contribution is -0.489. The van der Waals surface area contributed by atoms with Gasteiger partial charge in [0.1, 0.15) is 11.7 Å². The van der Waals surface area contributed by atoms with Crippen molar-refractivity contribution in [2.24, 2.45) is 0 Å². The third-order valence-corrected chi connectivity index (χ3v) is 2.23. The Morgan fingerprint density at radius 3 is 2.67 bits per heavy atom. The van der Waals surface area contributed by atoms with Crippen molar-refractivity contribution in [3.63, 3.8) is 0 Å². The van der Waals surface area contributed by atoms with Crippen molar-refractivity contribution >= 4 is 5.97 Å². The van der Waals surface area contributed by atoms with Gasteiger partial charge in [-0.2, -0.15) is 0 Å². The van der Waals surface area contributed by atoms with E-state index in [4.69, 9.17) is 4.74 Å². The quantitative estimate of drug-likeness (QED) is 0.711. The normalized spacial score (nSPS) is 14.3. The molecule has 0 saturated heterocycles. The van der Waals surface area contributed by atoms with Crippen LogP contribution in [0.15, 0.2) is 24.3 Å². The van der Waals surface area contributed by atoms with Crippen molar-refractivity contribution in [3.05, 3.63) is 29.8 Å². The molecule has 1 atom stereocenters. The summed E-state index contributed by atoms with van der Waals surface area (Å²) in [6, 6.07) is 6.96. The number of quaternary nitrogens is 1. The SMILES string of the molecule is CCOc1ccccc1[C@](C)([NH3+])C(=O)[O-]. The van der Waals surface area contributed by atoms with E-state index in [0.29, 0.717) is 17.9 Å². The second kappa shape index (κ2) is 4.31. The first kappa shape index (κ1) is 11.5. The lowest BCUT2D eigenvalue weighted by Gasteiger charge is -2.24. The lowest BCUT2D eigenvalue weighted by atomic mass is 9.92. The van der Waals surface area contributed by atoms with E-state index in [0.717, 1.165) is 0 Å². The van der Waals surface area contributed by atoms with Gasteiger partial charge in [0.15, 0.2) is 5.54 Å². The Morgan fingerprint density at radius 2 is 2.13 bits per heavy atom. The molecule has 0 unspecified atom stereocenters. The van der Waals surface area contributed by atoms with E-state index in [1.165, 1.54) is 6.92 Å². The van der Waals surface area contributed by atoms with Gasteiger partial charge in [-0.25, -0.2) is 0 Å². The fourth-order valence-electron chi connectivity index (χ4n) is 1.31. The van der Waals surface area contributed by atoms with Gasteiger partial charge in [0.2, 0.25) is 0 Å². The zero-order chi connectivity index (χ0) is 11.5. The fourth-order valence-corrected chi connectivity index (χ4v) is 1.31. The summed E-state index contributed by atoms with van der Waals surface area (Å²) in [5.41, 5.74) is 2.89. The number of ether oxygens (including phenoxy) is 1. The van der Waals surface area contributed by atoms with E-state index >= 15 is 0 Å². The average Bonchev–Trinajstić information content (AvgIpc) is 2.18. The molecular weight excluding hydrogens is 194 g/mol. The first-order valence-electron chi connectivity index (χ1n) is 4.79. The highest BCUT2D eigenvalue weighted by Gasteiger charge is 2.30. The molecule has 0 heterocycles. The number of benzene rings is 1. The smallest absolute Gasteiger partial charge is 0.161 e. The lowest BCUT2D eigenvalue weighted by Crippen LogP contribution is -2.75. The standard InChI is InChI=1S/C11H15NO3/c1-3-15-9-7-5-4-6-8(9)11(2,12)10(13)14/h4-7H,3,12H2,1-2H3,(H,13,14)/t11-/m0/s1. The van der Waals surface area contributed by atoms with Crippen molar-refractivity contribution in [1.82, 2.24) is 0 Å². The van der Waals surface area contributed by atoms with Crippen LogP contribution in [0, 0.1) is 0 Å². The minimum atomic E-state index is -1.29. The van der Waals surface area contributed by atoms with Crippen LogP contribution >= 0.6 is 0 Å². The molecule has 4 heteroatoms. The molecule has 0 aliphatic heterocycles. The Morgan fingerprint density at radius 1 is 1.53 bits per heavy atom. The monoisotopic (exact) mass is 209 g/mol. The maximum absolute atomic E-state index is 10.9. The number of carboxylic acids is 1. The molecule has 0 radical (unpaired) electrons. The molecule has 3 N–H and O–H groups in total. The minimum absolute atomic E-state index is 0.486. The first-order chi connectivity index (χ1) is 7.00. The van der Waals surface area contributed by atoms with Crippen molar-refractivity contribution in [3.8, 4) is 5.75 Å². The number of rotatable bonds is 4. The van der Waals surface area contributed by atoms with E-state index in [-0.39, 0.29) is 0 Å². The molecular formula is C11H15NO3. The topological polar surface area (TPSA) is 77.0 Å². The molecule has 0 aliphatic carbocycles. The molecule has 82 valence electrons. The predicted octanol–water partition coefficient (Wildman–Crippen LogP) is -0.708. The largest absolute Gasteiger partial charge is 0.543 e. The molecule has 0 amide bonds. The number of hydrogen-bond donors (Lipinski definition) is 1. The second-order valence-electron chi connectivity index (χ2n) is 3.55. The molecule has 0 aromatic heterocycles. The van der Waals surface area contributed by atoms with Crippen LogP contribution in [0.4, 0.5) is 0 Å². The zero-order valence-electron chi connectivity index (χ0n) is 8.95.